The SMILES string of the molecule is Cc1cccc(C(C#N)Nc2ccccc2C)c1. The van der Waals surface area contributed by atoms with E-state index < -0.39 is 0 Å². The lowest BCUT2D eigenvalue weighted by atomic mass is 10.0. The Morgan fingerprint density at radius 2 is 1.83 bits per heavy atom. The number of aryl methyl sites for hydroxylation is 2. The molecular formula is C16H16N2. The number of rotatable bonds is 3. The Morgan fingerprint density at radius 3 is 2.50 bits per heavy atom. The maximum absolute atomic E-state index is 9.31. The molecule has 0 aliphatic carbocycles. The van der Waals surface area contributed by atoms with Gasteiger partial charge in [-0.25, -0.2) is 0 Å². The van der Waals surface area contributed by atoms with Crippen LogP contribution in [0.4, 0.5) is 5.69 Å². The van der Waals surface area contributed by atoms with Gasteiger partial charge in [0.05, 0.1) is 6.07 Å². The average Bonchev–Trinajstić information content (AvgIpc) is 2.38. The molecule has 0 saturated heterocycles. The van der Waals surface area contributed by atoms with Gasteiger partial charge in [0.2, 0.25) is 0 Å². The van der Waals surface area contributed by atoms with E-state index in [1.54, 1.807) is 0 Å². The summed E-state index contributed by atoms with van der Waals surface area (Å²) in [5.74, 6) is 0. The number of nitriles is 1. The molecule has 2 heteroatoms. The summed E-state index contributed by atoms with van der Waals surface area (Å²) in [7, 11) is 0. The standard InChI is InChI=1S/C16H16N2/c1-12-6-5-8-14(10-12)16(11-17)18-15-9-4-3-7-13(15)2/h3-10,16,18H,1-2H3. The Labute approximate surface area is 108 Å². The zero-order chi connectivity index (χ0) is 13.0. The van der Waals surface area contributed by atoms with Crippen molar-refractivity contribution in [2.75, 3.05) is 5.32 Å². The first-order valence-corrected chi connectivity index (χ1v) is 5.99. The summed E-state index contributed by atoms with van der Waals surface area (Å²) in [6, 6.07) is 18.0. The Hall–Kier alpha value is -2.27. The number of anilines is 1. The lowest BCUT2D eigenvalue weighted by Crippen LogP contribution is -2.09. The molecule has 2 rings (SSSR count). The van der Waals surface area contributed by atoms with Crippen molar-refractivity contribution in [2.45, 2.75) is 19.9 Å². The van der Waals surface area contributed by atoms with E-state index >= 15 is 0 Å². The number of nitrogens with zero attached hydrogens (tertiary/aromatic N) is 1. The number of hydrogen-bond donors (Lipinski definition) is 1. The zero-order valence-corrected chi connectivity index (χ0v) is 10.6. The summed E-state index contributed by atoms with van der Waals surface area (Å²) in [5.41, 5.74) is 4.32. The maximum atomic E-state index is 9.31. The van der Waals surface area contributed by atoms with Gasteiger partial charge in [0.15, 0.2) is 0 Å². The van der Waals surface area contributed by atoms with Gasteiger partial charge in [-0.15, -0.1) is 0 Å². The molecule has 2 aromatic rings. The van der Waals surface area contributed by atoms with Crippen LogP contribution in [0.25, 0.3) is 0 Å². The number of benzene rings is 2. The van der Waals surface area contributed by atoms with Gasteiger partial charge >= 0.3 is 0 Å². The third-order valence-corrected chi connectivity index (χ3v) is 2.95. The highest BCUT2D eigenvalue weighted by atomic mass is 14.9. The topological polar surface area (TPSA) is 35.8 Å². The van der Waals surface area contributed by atoms with E-state index in [-0.39, 0.29) is 6.04 Å². The highest BCUT2D eigenvalue weighted by Gasteiger charge is 2.10. The third-order valence-electron chi connectivity index (χ3n) is 2.95. The highest BCUT2D eigenvalue weighted by Crippen LogP contribution is 2.22. The van der Waals surface area contributed by atoms with Crippen LogP contribution in [0.5, 0.6) is 0 Å². The molecule has 0 saturated carbocycles. The molecule has 0 heterocycles. The van der Waals surface area contributed by atoms with Crippen LogP contribution < -0.4 is 5.32 Å². The van der Waals surface area contributed by atoms with Crippen molar-refractivity contribution in [1.29, 1.82) is 5.26 Å². The zero-order valence-electron chi connectivity index (χ0n) is 10.6. The van der Waals surface area contributed by atoms with Gasteiger partial charge in [0.25, 0.3) is 0 Å². The first kappa shape index (κ1) is 12.2. The fourth-order valence-corrected chi connectivity index (χ4v) is 1.93. The summed E-state index contributed by atoms with van der Waals surface area (Å²) in [6.45, 7) is 4.07. The van der Waals surface area contributed by atoms with Crippen LogP contribution in [0.1, 0.15) is 22.7 Å². The van der Waals surface area contributed by atoms with Crippen molar-refractivity contribution < 1.29 is 0 Å². The highest BCUT2D eigenvalue weighted by molar-refractivity contribution is 5.53. The van der Waals surface area contributed by atoms with E-state index in [0.717, 1.165) is 16.8 Å². The molecule has 1 atom stereocenters. The normalized spacial score (nSPS) is 11.6. The van der Waals surface area contributed by atoms with Crippen molar-refractivity contribution in [3.63, 3.8) is 0 Å². The summed E-state index contributed by atoms with van der Waals surface area (Å²) in [4.78, 5) is 0. The molecule has 0 aromatic heterocycles. The first-order valence-electron chi connectivity index (χ1n) is 5.99. The number of nitrogens with one attached hydrogen (secondary N) is 1. The molecule has 1 N–H and O–H groups in total. The lowest BCUT2D eigenvalue weighted by molar-refractivity contribution is 0.991. The predicted octanol–water partition coefficient (Wildman–Crippen LogP) is 3.98. The van der Waals surface area contributed by atoms with Crippen LogP contribution in [0, 0.1) is 25.2 Å². The van der Waals surface area contributed by atoms with Crippen molar-refractivity contribution in [1.82, 2.24) is 0 Å². The Kier molecular flexibility index (Phi) is 3.64. The van der Waals surface area contributed by atoms with Crippen molar-refractivity contribution in [3.05, 3.63) is 65.2 Å². The fraction of sp³-hybridized carbons (Fsp3) is 0.188. The molecule has 1 unspecified atom stereocenters. The second-order valence-electron chi connectivity index (χ2n) is 4.44. The van der Waals surface area contributed by atoms with Gasteiger partial charge < -0.3 is 5.32 Å². The van der Waals surface area contributed by atoms with Gasteiger partial charge in [-0.1, -0.05) is 48.0 Å². The fourth-order valence-electron chi connectivity index (χ4n) is 1.93. The summed E-state index contributed by atoms with van der Waals surface area (Å²) < 4.78 is 0. The van der Waals surface area contributed by atoms with Crippen LogP contribution in [0.3, 0.4) is 0 Å². The van der Waals surface area contributed by atoms with Crippen molar-refractivity contribution >= 4 is 5.69 Å². The molecule has 0 bridgehead atoms. The molecular weight excluding hydrogens is 220 g/mol. The second kappa shape index (κ2) is 5.37. The molecule has 90 valence electrons. The minimum Gasteiger partial charge on any atom is -0.366 e. The predicted molar refractivity (Wildman–Crippen MR) is 74.3 cm³/mol. The van der Waals surface area contributed by atoms with Crippen LogP contribution in [-0.2, 0) is 0 Å². The van der Waals surface area contributed by atoms with E-state index in [1.165, 1.54) is 5.56 Å². The van der Waals surface area contributed by atoms with Crippen molar-refractivity contribution in [3.8, 4) is 6.07 Å². The first-order chi connectivity index (χ1) is 8.70. The van der Waals surface area contributed by atoms with Gasteiger partial charge in [-0.05, 0) is 31.0 Å². The monoisotopic (exact) mass is 236 g/mol. The molecule has 2 nitrogen and oxygen atoms in total. The van der Waals surface area contributed by atoms with Crippen molar-refractivity contribution in [2.24, 2.45) is 0 Å². The Bertz CT molecular complexity index is 582. The van der Waals surface area contributed by atoms with Gasteiger partial charge in [0, 0.05) is 5.69 Å². The number of para-hydroxylation sites is 1. The third kappa shape index (κ3) is 2.70. The number of hydrogen-bond acceptors (Lipinski definition) is 2. The Morgan fingerprint density at radius 1 is 1.06 bits per heavy atom. The summed E-state index contributed by atoms with van der Waals surface area (Å²) in [5, 5.41) is 12.6. The van der Waals surface area contributed by atoms with E-state index in [4.69, 9.17) is 0 Å². The van der Waals surface area contributed by atoms with E-state index in [2.05, 4.69) is 11.4 Å². The van der Waals surface area contributed by atoms with Crippen LogP contribution in [0.2, 0.25) is 0 Å². The van der Waals surface area contributed by atoms with Crippen LogP contribution in [-0.4, -0.2) is 0 Å². The molecule has 0 spiro atoms. The minimum absolute atomic E-state index is 0.314. The van der Waals surface area contributed by atoms with E-state index in [0.29, 0.717) is 0 Å². The van der Waals surface area contributed by atoms with E-state index in [1.807, 2.05) is 62.4 Å². The van der Waals surface area contributed by atoms with Gasteiger partial charge in [-0.2, -0.15) is 5.26 Å². The molecule has 2 aromatic carbocycles. The molecule has 0 amide bonds. The minimum atomic E-state index is -0.314. The summed E-state index contributed by atoms with van der Waals surface area (Å²) in [6.07, 6.45) is 0. The average molecular weight is 236 g/mol. The maximum Gasteiger partial charge on any atom is 0.140 e. The van der Waals surface area contributed by atoms with Gasteiger partial charge in [0.1, 0.15) is 6.04 Å². The molecule has 18 heavy (non-hydrogen) atoms. The molecule has 0 fully saturated rings. The quantitative estimate of drug-likeness (QED) is 0.875. The van der Waals surface area contributed by atoms with Crippen LogP contribution in [0.15, 0.2) is 48.5 Å². The van der Waals surface area contributed by atoms with E-state index in [9.17, 15) is 5.26 Å². The lowest BCUT2D eigenvalue weighted by Gasteiger charge is -2.15. The largest absolute Gasteiger partial charge is 0.366 e. The molecule has 0 aliphatic heterocycles. The Balaban J connectivity index is 2.26. The van der Waals surface area contributed by atoms with Crippen LogP contribution >= 0.6 is 0 Å². The second-order valence-corrected chi connectivity index (χ2v) is 4.44. The summed E-state index contributed by atoms with van der Waals surface area (Å²) >= 11 is 0. The van der Waals surface area contributed by atoms with Gasteiger partial charge in [-0.3, -0.25) is 0 Å². The molecule has 0 aliphatic rings. The smallest absolute Gasteiger partial charge is 0.140 e. The molecule has 0 radical (unpaired) electrons.